The number of carbonyl (C=O) groups excluding carboxylic acids is 1. The summed E-state index contributed by atoms with van der Waals surface area (Å²) in [5.74, 6) is -6.79. The number of nitro groups is 1. The van der Waals surface area contributed by atoms with E-state index in [4.69, 9.17) is 0 Å². The van der Waals surface area contributed by atoms with E-state index in [1.54, 1.807) is 0 Å². The third-order valence-corrected chi connectivity index (χ3v) is 2.11. The van der Waals surface area contributed by atoms with Gasteiger partial charge in [-0.05, 0) is 0 Å². The van der Waals surface area contributed by atoms with Gasteiger partial charge in [0, 0.05) is 12.0 Å². The normalized spacial score (nSPS) is 10.6. The Kier molecular flexibility index (Phi) is 3.89. The van der Waals surface area contributed by atoms with E-state index >= 15 is 0 Å². The summed E-state index contributed by atoms with van der Waals surface area (Å²) in [4.78, 5) is 20.5. The first-order valence-corrected chi connectivity index (χ1v) is 4.88. The van der Waals surface area contributed by atoms with E-state index in [0.717, 1.165) is 0 Å². The first kappa shape index (κ1) is 13.9. The van der Waals surface area contributed by atoms with Gasteiger partial charge in [0.15, 0.2) is 5.82 Å². The Morgan fingerprint density at radius 1 is 1.28 bits per heavy atom. The summed E-state index contributed by atoms with van der Waals surface area (Å²) in [5.41, 5.74) is -2.01. The Hall–Kier alpha value is -2.12. The monoisotopic (exact) mass is 262 g/mol. The van der Waals surface area contributed by atoms with Crippen molar-refractivity contribution in [2.24, 2.45) is 5.92 Å². The number of hydrogen-bond acceptors (Lipinski definition) is 3. The minimum absolute atomic E-state index is 0.439. The predicted molar refractivity (Wildman–Crippen MR) is 56.4 cm³/mol. The SMILES string of the molecule is CC(C)C(=O)Nc1cc([N+](=O)[O-])c(F)c(F)c1F. The molecular weight excluding hydrogens is 253 g/mol. The lowest BCUT2D eigenvalue weighted by Gasteiger charge is -2.09. The largest absolute Gasteiger partial charge is 0.323 e. The van der Waals surface area contributed by atoms with Crippen LogP contribution in [0.3, 0.4) is 0 Å². The molecule has 0 unspecified atom stereocenters. The topological polar surface area (TPSA) is 72.2 Å². The van der Waals surface area contributed by atoms with Crippen molar-refractivity contribution in [2.45, 2.75) is 13.8 Å². The van der Waals surface area contributed by atoms with Crippen LogP contribution in [-0.2, 0) is 4.79 Å². The van der Waals surface area contributed by atoms with Crippen LogP contribution in [0.15, 0.2) is 6.07 Å². The summed E-state index contributed by atoms with van der Waals surface area (Å²) in [6.45, 7) is 2.98. The smallest absolute Gasteiger partial charge is 0.310 e. The highest BCUT2D eigenvalue weighted by Gasteiger charge is 2.26. The zero-order valence-corrected chi connectivity index (χ0v) is 9.46. The molecule has 1 amide bonds. The maximum Gasteiger partial charge on any atom is 0.310 e. The fourth-order valence-corrected chi connectivity index (χ4v) is 1.09. The van der Waals surface area contributed by atoms with Gasteiger partial charge in [-0.3, -0.25) is 14.9 Å². The lowest BCUT2D eigenvalue weighted by molar-refractivity contribution is -0.387. The molecular formula is C10H9F3N2O3. The number of anilines is 1. The van der Waals surface area contributed by atoms with E-state index < -0.39 is 45.6 Å². The molecule has 1 aromatic rings. The Morgan fingerprint density at radius 3 is 2.28 bits per heavy atom. The van der Waals surface area contributed by atoms with E-state index in [9.17, 15) is 28.1 Å². The summed E-state index contributed by atoms with van der Waals surface area (Å²) >= 11 is 0. The first-order chi connectivity index (χ1) is 8.25. The summed E-state index contributed by atoms with van der Waals surface area (Å²) in [7, 11) is 0. The number of hydrogen-bond donors (Lipinski definition) is 1. The van der Waals surface area contributed by atoms with Crippen molar-refractivity contribution in [3.05, 3.63) is 33.6 Å². The predicted octanol–water partition coefficient (Wildman–Crippen LogP) is 2.61. The molecule has 0 heterocycles. The number of benzene rings is 1. The third kappa shape index (κ3) is 2.58. The maximum atomic E-state index is 13.3. The summed E-state index contributed by atoms with van der Waals surface area (Å²) in [6, 6.07) is 0.439. The van der Waals surface area contributed by atoms with Gasteiger partial charge in [-0.1, -0.05) is 13.8 Å². The summed E-state index contributed by atoms with van der Waals surface area (Å²) in [6.07, 6.45) is 0. The number of amides is 1. The second kappa shape index (κ2) is 5.03. The average Bonchev–Trinajstić information content (AvgIpc) is 2.29. The molecule has 5 nitrogen and oxygen atoms in total. The van der Waals surface area contributed by atoms with Crippen LogP contribution in [0, 0.1) is 33.5 Å². The highest BCUT2D eigenvalue weighted by atomic mass is 19.2. The Bertz CT molecular complexity index is 518. The van der Waals surface area contributed by atoms with Gasteiger partial charge in [-0.2, -0.15) is 4.39 Å². The molecule has 18 heavy (non-hydrogen) atoms. The minimum atomic E-state index is -2.00. The highest BCUT2D eigenvalue weighted by molar-refractivity contribution is 5.92. The highest BCUT2D eigenvalue weighted by Crippen LogP contribution is 2.28. The minimum Gasteiger partial charge on any atom is -0.323 e. The maximum absolute atomic E-state index is 13.3. The zero-order valence-electron chi connectivity index (χ0n) is 9.46. The van der Waals surface area contributed by atoms with Gasteiger partial charge in [0.05, 0.1) is 10.6 Å². The van der Waals surface area contributed by atoms with E-state index in [0.29, 0.717) is 6.07 Å². The number of rotatable bonds is 3. The van der Waals surface area contributed by atoms with Gasteiger partial charge >= 0.3 is 5.69 Å². The van der Waals surface area contributed by atoms with Crippen LogP contribution in [0.2, 0.25) is 0 Å². The molecule has 0 aliphatic carbocycles. The van der Waals surface area contributed by atoms with Crippen molar-refractivity contribution in [3.63, 3.8) is 0 Å². The summed E-state index contributed by atoms with van der Waals surface area (Å²) < 4.78 is 39.4. The second-order valence-corrected chi connectivity index (χ2v) is 3.79. The lowest BCUT2D eigenvalue weighted by Crippen LogP contribution is -2.19. The van der Waals surface area contributed by atoms with Crippen molar-refractivity contribution in [1.82, 2.24) is 0 Å². The van der Waals surface area contributed by atoms with Crippen molar-refractivity contribution < 1.29 is 22.9 Å². The quantitative estimate of drug-likeness (QED) is 0.517. The lowest BCUT2D eigenvalue weighted by atomic mass is 10.2. The third-order valence-electron chi connectivity index (χ3n) is 2.11. The molecule has 0 saturated heterocycles. The van der Waals surface area contributed by atoms with E-state index in [1.807, 2.05) is 5.32 Å². The molecule has 0 saturated carbocycles. The Labute approximate surface area is 99.8 Å². The molecule has 0 aliphatic heterocycles. The molecule has 98 valence electrons. The van der Waals surface area contributed by atoms with Crippen molar-refractivity contribution in [3.8, 4) is 0 Å². The van der Waals surface area contributed by atoms with Gasteiger partial charge < -0.3 is 5.32 Å². The number of carbonyl (C=O) groups is 1. The standard InChI is InChI=1S/C10H9F3N2O3/c1-4(2)10(16)14-5-3-6(15(17)18)8(12)9(13)7(5)11/h3-4H,1-2H3,(H,14,16). The molecule has 0 radical (unpaired) electrons. The van der Waals surface area contributed by atoms with E-state index in [2.05, 4.69) is 0 Å². The van der Waals surface area contributed by atoms with E-state index in [-0.39, 0.29) is 0 Å². The van der Waals surface area contributed by atoms with Crippen LogP contribution >= 0.6 is 0 Å². The fourth-order valence-electron chi connectivity index (χ4n) is 1.09. The van der Waals surface area contributed by atoms with Gasteiger partial charge in [-0.15, -0.1) is 0 Å². The average molecular weight is 262 g/mol. The van der Waals surface area contributed by atoms with Crippen LogP contribution in [0.5, 0.6) is 0 Å². The number of nitrogens with one attached hydrogen (secondary N) is 1. The van der Waals surface area contributed by atoms with Crippen molar-refractivity contribution in [1.29, 1.82) is 0 Å². The molecule has 0 aromatic heterocycles. The number of halogens is 3. The molecule has 0 bridgehead atoms. The van der Waals surface area contributed by atoms with Crippen molar-refractivity contribution in [2.75, 3.05) is 5.32 Å². The molecule has 0 atom stereocenters. The van der Waals surface area contributed by atoms with Crippen LogP contribution in [-0.4, -0.2) is 10.8 Å². The van der Waals surface area contributed by atoms with E-state index in [1.165, 1.54) is 13.8 Å². The van der Waals surface area contributed by atoms with Gasteiger partial charge in [0.1, 0.15) is 0 Å². The van der Waals surface area contributed by atoms with Crippen molar-refractivity contribution >= 4 is 17.3 Å². The first-order valence-electron chi connectivity index (χ1n) is 4.88. The number of nitrogens with zero attached hydrogens (tertiary/aromatic N) is 1. The van der Waals surface area contributed by atoms with Gasteiger partial charge in [0.25, 0.3) is 0 Å². The fraction of sp³-hybridized carbons (Fsp3) is 0.300. The molecule has 1 N–H and O–H groups in total. The Morgan fingerprint density at radius 2 is 1.83 bits per heavy atom. The van der Waals surface area contributed by atoms with Crippen LogP contribution in [0.25, 0.3) is 0 Å². The molecule has 0 fully saturated rings. The van der Waals surface area contributed by atoms with Crippen LogP contribution in [0.1, 0.15) is 13.8 Å². The summed E-state index contributed by atoms with van der Waals surface area (Å²) in [5, 5.41) is 12.4. The molecule has 8 heteroatoms. The Balaban J connectivity index is 3.29. The van der Waals surface area contributed by atoms with Crippen LogP contribution in [0.4, 0.5) is 24.5 Å². The number of nitro benzene ring substituents is 1. The molecule has 1 rings (SSSR count). The van der Waals surface area contributed by atoms with Gasteiger partial charge in [-0.25, -0.2) is 8.78 Å². The second-order valence-electron chi connectivity index (χ2n) is 3.79. The molecule has 1 aromatic carbocycles. The molecule has 0 aliphatic rings. The van der Waals surface area contributed by atoms with Crippen LogP contribution < -0.4 is 5.32 Å². The van der Waals surface area contributed by atoms with Gasteiger partial charge in [0.2, 0.25) is 17.5 Å². The molecule has 0 spiro atoms. The zero-order chi connectivity index (χ0) is 14.0.